The molecule has 0 aliphatic heterocycles. The van der Waals surface area contributed by atoms with E-state index in [0.29, 0.717) is 0 Å². The molecular weight excluding hydrogens is 236 g/mol. The van der Waals surface area contributed by atoms with Crippen LogP contribution in [0.25, 0.3) is 0 Å². The van der Waals surface area contributed by atoms with Gasteiger partial charge in [0.2, 0.25) is 0 Å². The van der Waals surface area contributed by atoms with Gasteiger partial charge in [-0.2, -0.15) is 0 Å². The zero-order chi connectivity index (χ0) is 3.58. The number of ketones is 1. The van der Waals surface area contributed by atoms with E-state index in [-0.39, 0.29) is 63.1 Å². The van der Waals surface area contributed by atoms with E-state index in [2.05, 4.69) is 0 Å². The van der Waals surface area contributed by atoms with Crippen LogP contribution in [0.4, 0.5) is 0 Å². The van der Waals surface area contributed by atoms with Gasteiger partial charge in [0.1, 0.15) is 5.78 Å². The van der Waals surface area contributed by atoms with Crippen molar-refractivity contribution < 1.29 is 44.7 Å². The second kappa shape index (κ2) is 9.73. The molecule has 0 heterocycles. The van der Waals surface area contributed by atoms with Gasteiger partial charge in [0.25, 0.3) is 0 Å². The van der Waals surface area contributed by atoms with Crippen molar-refractivity contribution in [1.82, 2.24) is 0 Å². The number of Topliss-reactive ketones (excluding diaryl/α,β-unsaturated/α-hetero) is 1. The Balaban J connectivity index is -0.0000000450. The molecule has 0 saturated carbocycles. The molecular formula is C3H9AlGdO. The molecule has 0 atom stereocenters. The number of hydrogen-bond donors (Lipinski definition) is 0. The summed E-state index contributed by atoms with van der Waals surface area (Å²) in [4.78, 5) is 9.44. The van der Waals surface area contributed by atoms with Crippen LogP contribution in [0.15, 0.2) is 0 Å². The summed E-state index contributed by atoms with van der Waals surface area (Å²) in [5.74, 6) is 0.167. The van der Waals surface area contributed by atoms with Gasteiger partial charge in [0.15, 0.2) is 17.4 Å². The molecule has 3 heteroatoms. The van der Waals surface area contributed by atoms with E-state index in [1.165, 1.54) is 13.8 Å². The van der Waals surface area contributed by atoms with E-state index in [1.807, 2.05) is 0 Å². The molecule has 1 nitrogen and oxygen atoms in total. The van der Waals surface area contributed by atoms with Crippen molar-refractivity contribution in [3.63, 3.8) is 0 Å². The molecule has 0 spiro atoms. The van der Waals surface area contributed by atoms with Gasteiger partial charge in [0.05, 0.1) is 0 Å². The zero-order valence-corrected chi connectivity index (χ0v) is 5.53. The molecule has 0 saturated heterocycles. The SMILES string of the molecule is CC(C)=O.[AlH3].[Gd]. The summed E-state index contributed by atoms with van der Waals surface area (Å²) in [5.41, 5.74) is 0. The Labute approximate surface area is 80.7 Å². The summed E-state index contributed by atoms with van der Waals surface area (Å²) in [7, 11) is 0. The first-order chi connectivity index (χ1) is 1.73. The van der Waals surface area contributed by atoms with E-state index in [0.717, 1.165) is 0 Å². The Kier molecular flexibility index (Phi) is 25.4. The van der Waals surface area contributed by atoms with Gasteiger partial charge in [-0.3, -0.25) is 0 Å². The van der Waals surface area contributed by atoms with Gasteiger partial charge in [-0.25, -0.2) is 0 Å². The maximum atomic E-state index is 9.44. The molecule has 0 N–H and O–H groups in total. The van der Waals surface area contributed by atoms with Crippen molar-refractivity contribution in [2.45, 2.75) is 13.8 Å². The summed E-state index contributed by atoms with van der Waals surface area (Å²) in [5, 5.41) is 0. The molecule has 0 fully saturated rings. The fourth-order valence-corrected chi connectivity index (χ4v) is 0. The summed E-state index contributed by atoms with van der Waals surface area (Å²) in [6, 6.07) is 0. The molecule has 0 aromatic rings. The Morgan fingerprint density at radius 1 is 1.33 bits per heavy atom. The summed E-state index contributed by atoms with van der Waals surface area (Å²) in [6.07, 6.45) is 0. The number of carbonyl (C=O) groups is 1. The van der Waals surface area contributed by atoms with Crippen molar-refractivity contribution in [2.24, 2.45) is 0 Å². The monoisotopic (exact) mass is 246 g/mol. The number of hydrogen-bond acceptors (Lipinski definition) is 1. The van der Waals surface area contributed by atoms with Crippen molar-refractivity contribution in [3.8, 4) is 0 Å². The Bertz CT molecular complexity index is 33.8. The van der Waals surface area contributed by atoms with Crippen LogP contribution in [0.2, 0.25) is 0 Å². The minimum absolute atomic E-state index is 0. The normalized spacial score (nSPS) is 4.33. The van der Waals surface area contributed by atoms with Crippen LogP contribution in [0, 0.1) is 39.9 Å². The Hall–Kier alpha value is 1.53. The fraction of sp³-hybridized carbons (Fsp3) is 0.667. The molecule has 38 valence electrons. The molecule has 0 aromatic carbocycles. The fourth-order valence-electron chi connectivity index (χ4n) is 0. The molecule has 6 heavy (non-hydrogen) atoms. The van der Waals surface area contributed by atoms with Crippen LogP contribution < -0.4 is 0 Å². The standard InChI is InChI=1S/C3H6O.Al.Gd.3H/c1-3(2)4;;;;;/h1-2H3;;;;;. The van der Waals surface area contributed by atoms with E-state index in [4.69, 9.17) is 0 Å². The van der Waals surface area contributed by atoms with Crippen molar-refractivity contribution in [3.05, 3.63) is 0 Å². The second-order valence-electron chi connectivity index (χ2n) is 0.908. The smallest absolute Gasteiger partial charge is 0.187 e. The van der Waals surface area contributed by atoms with Gasteiger partial charge < -0.3 is 4.79 Å². The number of rotatable bonds is 0. The Morgan fingerprint density at radius 2 is 1.33 bits per heavy atom. The first kappa shape index (κ1) is 15.6. The van der Waals surface area contributed by atoms with Crippen LogP contribution >= 0.6 is 0 Å². The van der Waals surface area contributed by atoms with Crippen LogP contribution in [-0.2, 0) is 4.79 Å². The van der Waals surface area contributed by atoms with Crippen LogP contribution in [0.3, 0.4) is 0 Å². The molecule has 0 bridgehead atoms. The molecule has 0 unspecified atom stereocenters. The quantitative estimate of drug-likeness (QED) is 0.522. The molecule has 0 rings (SSSR count). The van der Waals surface area contributed by atoms with Crippen LogP contribution in [-0.4, -0.2) is 23.1 Å². The third kappa shape index (κ3) is 48.6. The van der Waals surface area contributed by atoms with E-state index in [1.54, 1.807) is 0 Å². The van der Waals surface area contributed by atoms with Crippen LogP contribution in [0.1, 0.15) is 13.8 Å². The first-order valence-corrected chi connectivity index (χ1v) is 1.20. The van der Waals surface area contributed by atoms with Gasteiger partial charge in [-0.15, -0.1) is 0 Å². The predicted molar refractivity (Wildman–Crippen MR) is 26.3 cm³/mol. The Morgan fingerprint density at radius 3 is 1.33 bits per heavy atom. The minimum Gasteiger partial charge on any atom is -0.300 e. The van der Waals surface area contributed by atoms with E-state index < -0.39 is 0 Å². The zero-order valence-electron chi connectivity index (χ0n) is 3.26. The molecule has 0 aliphatic rings. The third-order valence-electron chi connectivity index (χ3n) is 0. The topological polar surface area (TPSA) is 17.1 Å². The molecule has 0 amide bonds. The van der Waals surface area contributed by atoms with Gasteiger partial charge in [-0.05, 0) is 13.8 Å². The number of carbonyl (C=O) groups excluding carboxylic acids is 1. The van der Waals surface area contributed by atoms with Crippen molar-refractivity contribution in [1.29, 1.82) is 0 Å². The summed E-state index contributed by atoms with van der Waals surface area (Å²) in [6.45, 7) is 3.06. The average Bonchev–Trinajstić information content (AvgIpc) is 0.811. The van der Waals surface area contributed by atoms with E-state index in [9.17, 15) is 4.79 Å². The predicted octanol–water partition coefficient (Wildman–Crippen LogP) is -0.589. The summed E-state index contributed by atoms with van der Waals surface area (Å²) < 4.78 is 0. The first-order valence-electron chi connectivity index (χ1n) is 1.20. The molecule has 0 radical (unpaired) electrons. The van der Waals surface area contributed by atoms with Crippen molar-refractivity contribution in [2.75, 3.05) is 0 Å². The van der Waals surface area contributed by atoms with Crippen LogP contribution in [0.5, 0.6) is 0 Å². The van der Waals surface area contributed by atoms with E-state index >= 15 is 0 Å². The van der Waals surface area contributed by atoms with Gasteiger partial charge >= 0.3 is 0 Å². The largest absolute Gasteiger partial charge is 0.300 e. The maximum Gasteiger partial charge on any atom is 0.187 e. The van der Waals surface area contributed by atoms with Crippen molar-refractivity contribution >= 4 is 23.1 Å². The third-order valence-corrected chi connectivity index (χ3v) is 0. The average molecular weight is 245 g/mol. The summed E-state index contributed by atoms with van der Waals surface area (Å²) >= 11 is 0. The second-order valence-corrected chi connectivity index (χ2v) is 0.908. The maximum absolute atomic E-state index is 9.44. The minimum atomic E-state index is 0. The van der Waals surface area contributed by atoms with Gasteiger partial charge in [0, 0.05) is 39.9 Å². The van der Waals surface area contributed by atoms with Gasteiger partial charge in [-0.1, -0.05) is 0 Å². The molecule has 0 aliphatic carbocycles. The molecule has 0 aromatic heterocycles.